The van der Waals surface area contributed by atoms with E-state index in [0.29, 0.717) is 24.5 Å². The Hall–Kier alpha value is -2.99. The molecule has 3 N–H and O–H groups in total. The molecule has 35 heavy (non-hydrogen) atoms. The summed E-state index contributed by atoms with van der Waals surface area (Å²) >= 11 is 0. The summed E-state index contributed by atoms with van der Waals surface area (Å²) in [7, 11) is -3.61. The Labute approximate surface area is 204 Å². The Kier molecular flexibility index (Phi) is 7.70. The van der Waals surface area contributed by atoms with E-state index in [4.69, 9.17) is 9.84 Å². The smallest absolute Gasteiger partial charge is 0.335 e. The standard InChI is InChI=1S/C24H29N3O7S/c28-21-14-26(15-22(21)34-19-8-4-6-17(12-19)24(30)31)16-23(29)25-18-7-5-9-20(13-18)35(32,33)27-10-2-1-3-11-27/h4-9,12-13,21-22,28H,1-3,10-11,14-16H2,(H,25,29)(H,30,31)/t21-,22-/m1/s1. The highest BCUT2D eigenvalue weighted by atomic mass is 32.2. The molecule has 2 fully saturated rings. The van der Waals surface area contributed by atoms with Crippen LogP contribution >= 0.6 is 0 Å². The molecule has 4 rings (SSSR count). The highest BCUT2D eigenvalue weighted by Gasteiger charge is 2.34. The number of sulfonamides is 1. The van der Waals surface area contributed by atoms with E-state index in [1.807, 2.05) is 0 Å². The lowest BCUT2D eigenvalue weighted by Crippen LogP contribution is -2.35. The summed E-state index contributed by atoms with van der Waals surface area (Å²) in [4.78, 5) is 25.6. The number of amides is 1. The van der Waals surface area contributed by atoms with Crippen LogP contribution in [0.5, 0.6) is 5.75 Å². The summed E-state index contributed by atoms with van der Waals surface area (Å²) in [5.74, 6) is -1.10. The number of rotatable bonds is 8. The number of aliphatic hydroxyl groups is 1. The highest BCUT2D eigenvalue weighted by molar-refractivity contribution is 7.89. The fourth-order valence-corrected chi connectivity index (χ4v) is 5.91. The SMILES string of the molecule is O=C(CN1C[C@@H](O)[C@H](Oc2cccc(C(=O)O)c2)C1)Nc1cccc(S(=O)(=O)N2CCCCC2)c1. The Balaban J connectivity index is 1.34. The van der Waals surface area contributed by atoms with Crippen LogP contribution in [-0.4, -0.2) is 84.6 Å². The van der Waals surface area contributed by atoms with Crippen molar-refractivity contribution in [2.75, 3.05) is 38.0 Å². The van der Waals surface area contributed by atoms with Crippen LogP contribution in [-0.2, 0) is 14.8 Å². The van der Waals surface area contributed by atoms with Gasteiger partial charge in [-0.25, -0.2) is 13.2 Å². The summed E-state index contributed by atoms with van der Waals surface area (Å²) in [6.45, 7) is 1.46. The van der Waals surface area contributed by atoms with Gasteiger partial charge in [-0.3, -0.25) is 9.69 Å². The van der Waals surface area contributed by atoms with E-state index in [1.165, 1.54) is 28.6 Å². The Morgan fingerprint density at radius 2 is 1.77 bits per heavy atom. The number of piperidine rings is 1. The van der Waals surface area contributed by atoms with Crippen molar-refractivity contribution in [3.05, 3.63) is 54.1 Å². The first-order valence-corrected chi connectivity index (χ1v) is 13.0. The number of benzene rings is 2. The van der Waals surface area contributed by atoms with Crippen LogP contribution in [0.2, 0.25) is 0 Å². The molecule has 2 heterocycles. The molecule has 0 unspecified atom stereocenters. The predicted octanol–water partition coefficient (Wildman–Crippen LogP) is 1.62. The molecule has 2 atom stereocenters. The number of carboxylic acid groups (broad SMARTS) is 1. The van der Waals surface area contributed by atoms with E-state index in [1.54, 1.807) is 29.2 Å². The minimum atomic E-state index is -3.61. The lowest BCUT2D eigenvalue weighted by Gasteiger charge is -2.26. The summed E-state index contributed by atoms with van der Waals surface area (Å²) in [6, 6.07) is 12.2. The molecule has 2 aliphatic rings. The van der Waals surface area contributed by atoms with Crippen LogP contribution in [0.3, 0.4) is 0 Å². The molecule has 10 nitrogen and oxygen atoms in total. The van der Waals surface area contributed by atoms with Crippen molar-refractivity contribution in [1.29, 1.82) is 0 Å². The molecule has 0 bridgehead atoms. The van der Waals surface area contributed by atoms with Crippen LogP contribution in [0.25, 0.3) is 0 Å². The summed E-state index contributed by atoms with van der Waals surface area (Å²) < 4.78 is 33.1. The number of carbonyl (C=O) groups is 2. The largest absolute Gasteiger partial charge is 0.486 e. The van der Waals surface area contributed by atoms with Gasteiger partial charge in [0.25, 0.3) is 0 Å². The van der Waals surface area contributed by atoms with E-state index in [0.717, 1.165) is 19.3 Å². The maximum atomic E-state index is 12.9. The Bertz CT molecular complexity index is 1180. The van der Waals surface area contributed by atoms with Crippen LogP contribution < -0.4 is 10.1 Å². The van der Waals surface area contributed by atoms with Gasteiger partial charge in [-0.1, -0.05) is 18.6 Å². The maximum absolute atomic E-state index is 12.9. The van der Waals surface area contributed by atoms with Gasteiger partial charge in [0.1, 0.15) is 18.0 Å². The number of aliphatic hydroxyl groups excluding tert-OH is 1. The number of hydrogen-bond donors (Lipinski definition) is 3. The Morgan fingerprint density at radius 1 is 1.03 bits per heavy atom. The van der Waals surface area contributed by atoms with E-state index < -0.39 is 28.2 Å². The molecule has 0 spiro atoms. The average molecular weight is 504 g/mol. The minimum Gasteiger partial charge on any atom is -0.486 e. The fraction of sp³-hybridized carbons (Fsp3) is 0.417. The number of ether oxygens (including phenoxy) is 1. The van der Waals surface area contributed by atoms with Gasteiger partial charge in [-0.15, -0.1) is 0 Å². The molecule has 2 saturated heterocycles. The van der Waals surface area contributed by atoms with E-state index >= 15 is 0 Å². The van der Waals surface area contributed by atoms with Crippen molar-refractivity contribution in [3.63, 3.8) is 0 Å². The summed E-state index contributed by atoms with van der Waals surface area (Å²) in [5.41, 5.74) is 0.460. The van der Waals surface area contributed by atoms with Crippen molar-refractivity contribution in [2.45, 2.75) is 36.4 Å². The number of carboxylic acids is 1. The molecule has 0 radical (unpaired) electrons. The second-order valence-electron chi connectivity index (χ2n) is 8.79. The molecule has 0 saturated carbocycles. The number of anilines is 1. The predicted molar refractivity (Wildman–Crippen MR) is 128 cm³/mol. The number of β-amino-alcohol motifs (C(OH)–C–C–N with tert-alkyl or cyclic N) is 1. The number of likely N-dealkylation sites (tertiary alicyclic amines) is 1. The molecule has 2 aliphatic heterocycles. The first-order valence-electron chi connectivity index (χ1n) is 11.5. The van der Waals surface area contributed by atoms with Crippen LogP contribution in [0.1, 0.15) is 29.6 Å². The first kappa shape index (κ1) is 25.1. The molecule has 2 aromatic rings. The first-order chi connectivity index (χ1) is 16.7. The van der Waals surface area contributed by atoms with Gasteiger partial charge >= 0.3 is 5.97 Å². The maximum Gasteiger partial charge on any atom is 0.335 e. The van der Waals surface area contributed by atoms with Crippen molar-refractivity contribution in [1.82, 2.24) is 9.21 Å². The monoisotopic (exact) mass is 503 g/mol. The molecule has 188 valence electrons. The quantitative estimate of drug-likeness (QED) is 0.494. The summed E-state index contributed by atoms with van der Waals surface area (Å²) in [5, 5.41) is 22.2. The number of nitrogens with zero attached hydrogens (tertiary/aromatic N) is 2. The zero-order chi connectivity index (χ0) is 25.0. The van der Waals surface area contributed by atoms with Gasteiger partial charge in [0.2, 0.25) is 15.9 Å². The van der Waals surface area contributed by atoms with Crippen LogP contribution in [0, 0.1) is 0 Å². The second-order valence-corrected chi connectivity index (χ2v) is 10.7. The molecule has 0 aliphatic carbocycles. The number of nitrogens with one attached hydrogen (secondary N) is 1. The van der Waals surface area contributed by atoms with Gasteiger partial charge in [0, 0.05) is 31.9 Å². The van der Waals surface area contributed by atoms with Gasteiger partial charge in [-0.05, 0) is 49.2 Å². The minimum absolute atomic E-state index is 0.0187. The third-order valence-electron chi connectivity index (χ3n) is 6.12. The van der Waals surface area contributed by atoms with Gasteiger partial charge in [0.15, 0.2) is 0 Å². The van der Waals surface area contributed by atoms with Crippen molar-refractivity contribution in [2.24, 2.45) is 0 Å². The molecular weight excluding hydrogens is 474 g/mol. The van der Waals surface area contributed by atoms with Gasteiger partial charge in [0.05, 0.1) is 17.0 Å². The lowest BCUT2D eigenvalue weighted by atomic mass is 10.2. The average Bonchev–Trinajstić information content (AvgIpc) is 3.17. The summed E-state index contributed by atoms with van der Waals surface area (Å²) in [6.07, 6.45) is 1.23. The molecule has 2 aromatic carbocycles. The zero-order valence-electron chi connectivity index (χ0n) is 19.2. The lowest BCUT2D eigenvalue weighted by molar-refractivity contribution is -0.117. The molecule has 0 aromatic heterocycles. The van der Waals surface area contributed by atoms with E-state index in [-0.39, 0.29) is 36.0 Å². The van der Waals surface area contributed by atoms with Crippen molar-refractivity contribution < 1.29 is 33.0 Å². The van der Waals surface area contributed by atoms with E-state index in [9.17, 15) is 23.1 Å². The van der Waals surface area contributed by atoms with Crippen LogP contribution in [0.15, 0.2) is 53.4 Å². The topological polar surface area (TPSA) is 136 Å². The number of carbonyl (C=O) groups excluding carboxylic acids is 1. The zero-order valence-corrected chi connectivity index (χ0v) is 20.0. The number of aromatic carboxylic acids is 1. The third kappa shape index (κ3) is 6.17. The van der Waals surface area contributed by atoms with Gasteiger partial charge < -0.3 is 20.3 Å². The number of hydrogen-bond acceptors (Lipinski definition) is 7. The third-order valence-corrected chi connectivity index (χ3v) is 8.01. The van der Waals surface area contributed by atoms with Crippen molar-refractivity contribution >= 4 is 27.6 Å². The van der Waals surface area contributed by atoms with E-state index in [2.05, 4.69) is 5.32 Å². The molecule has 11 heteroatoms. The molecule has 1 amide bonds. The molecular formula is C24H29N3O7S. The van der Waals surface area contributed by atoms with Crippen LogP contribution in [0.4, 0.5) is 5.69 Å². The normalized spacial score (nSPS) is 21.5. The fourth-order valence-electron chi connectivity index (χ4n) is 4.35. The van der Waals surface area contributed by atoms with Crippen molar-refractivity contribution in [3.8, 4) is 5.75 Å². The Morgan fingerprint density at radius 3 is 2.51 bits per heavy atom. The second kappa shape index (κ2) is 10.7. The highest BCUT2D eigenvalue weighted by Crippen LogP contribution is 2.24. The van der Waals surface area contributed by atoms with Gasteiger partial charge in [-0.2, -0.15) is 4.31 Å².